The molecule has 96 valence electrons. The Bertz CT molecular complexity index is 383. The third-order valence-electron chi connectivity index (χ3n) is 2.58. The van der Waals surface area contributed by atoms with Crippen LogP contribution in [0.15, 0.2) is 10.8 Å². The molecule has 1 aromatic rings. The lowest BCUT2D eigenvalue weighted by Gasteiger charge is -2.25. The molecular weight excluding hydrogens is 234 g/mol. The fourth-order valence-corrected chi connectivity index (χ4v) is 2.74. The van der Waals surface area contributed by atoms with Gasteiger partial charge in [-0.2, -0.15) is 11.3 Å². The van der Waals surface area contributed by atoms with Crippen molar-refractivity contribution in [2.75, 3.05) is 6.54 Å². The second kappa shape index (κ2) is 5.65. The van der Waals surface area contributed by atoms with Crippen LogP contribution in [-0.4, -0.2) is 23.2 Å². The van der Waals surface area contributed by atoms with Crippen molar-refractivity contribution >= 4 is 17.2 Å². The van der Waals surface area contributed by atoms with Crippen LogP contribution in [0, 0.1) is 12.8 Å². The Hall–Kier alpha value is -0.870. The van der Waals surface area contributed by atoms with Gasteiger partial charge in [-0.3, -0.25) is 4.79 Å². The van der Waals surface area contributed by atoms with Crippen LogP contribution in [-0.2, 0) is 0 Å². The van der Waals surface area contributed by atoms with E-state index in [0.29, 0.717) is 24.4 Å². The Morgan fingerprint density at radius 1 is 1.53 bits per heavy atom. The van der Waals surface area contributed by atoms with Gasteiger partial charge in [-0.15, -0.1) is 0 Å². The van der Waals surface area contributed by atoms with Gasteiger partial charge in [0.05, 0.1) is 11.2 Å². The van der Waals surface area contributed by atoms with E-state index in [1.54, 1.807) is 6.92 Å². The summed E-state index contributed by atoms with van der Waals surface area (Å²) in [5, 5.41) is 16.7. The molecule has 1 atom stereocenters. The predicted octanol–water partition coefficient (Wildman–Crippen LogP) is 2.58. The Kier molecular flexibility index (Phi) is 4.71. The van der Waals surface area contributed by atoms with Crippen molar-refractivity contribution in [3.05, 3.63) is 21.9 Å². The molecule has 0 bridgehead atoms. The average molecular weight is 255 g/mol. The number of amides is 1. The molecule has 1 rings (SSSR count). The standard InChI is InChI=1S/C13H21NO2S/c1-9(2)5-13(4,16)8-14-12(15)11-7-17-6-10(11)3/h6-7,9,16H,5,8H2,1-4H3,(H,14,15). The molecule has 0 fully saturated rings. The molecule has 1 heterocycles. The summed E-state index contributed by atoms with van der Waals surface area (Å²) in [5.41, 5.74) is 0.847. The van der Waals surface area contributed by atoms with E-state index in [1.165, 1.54) is 11.3 Å². The Morgan fingerprint density at radius 3 is 2.65 bits per heavy atom. The lowest BCUT2D eigenvalue weighted by molar-refractivity contribution is 0.0368. The molecule has 0 aliphatic heterocycles. The first-order valence-corrected chi connectivity index (χ1v) is 6.79. The normalized spacial score (nSPS) is 14.7. The fourth-order valence-electron chi connectivity index (χ4n) is 1.91. The molecule has 0 aliphatic carbocycles. The van der Waals surface area contributed by atoms with Crippen LogP contribution in [0.4, 0.5) is 0 Å². The number of thiophene rings is 1. The molecule has 0 aliphatic rings. The van der Waals surface area contributed by atoms with E-state index in [-0.39, 0.29) is 5.91 Å². The van der Waals surface area contributed by atoms with E-state index in [2.05, 4.69) is 19.2 Å². The number of rotatable bonds is 5. The second-order valence-electron chi connectivity index (χ2n) is 5.25. The minimum absolute atomic E-state index is 0.104. The van der Waals surface area contributed by atoms with Crippen molar-refractivity contribution < 1.29 is 9.90 Å². The number of hydrogen-bond donors (Lipinski definition) is 2. The first-order valence-electron chi connectivity index (χ1n) is 5.85. The average Bonchev–Trinajstić information content (AvgIpc) is 2.59. The first kappa shape index (κ1) is 14.2. The van der Waals surface area contributed by atoms with Crippen LogP contribution in [0.1, 0.15) is 43.1 Å². The maximum atomic E-state index is 11.8. The summed E-state index contributed by atoms with van der Waals surface area (Å²) in [7, 11) is 0. The molecule has 3 nitrogen and oxygen atoms in total. The highest BCUT2D eigenvalue weighted by Gasteiger charge is 2.23. The van der Waals surface area contributed by atoms with E-state index < -0.39 is 5.60 Å². The highest BCUT2D eigenvalue weighted by atomic mass is 32.1. The molecule has 1 aromatic heterocycles. The zero-order chi connectivity index (χ0) is 13.1. The molecule has 0 aromatic carbocycles. The van der Waals surface area contributed by atoms with Gasteiger partial charge >= 0.3 is 0 Å². The summed E-state index contributed by atoms with van der Waals surface area (Å²) in [6, 6.07) is 0. The first-order chi connectivity index (χ1) is 7.82. The number of carbonyl (C=O) groups is 1. The van der Waals surface area contributed by atoms with Crippen LogP contribution in [0.25, 0.3) is 0 Å². The fraction of sp³-hybridized carbons (Fsp3) is 0.615. The lowest BCUT2D eigenvalue weighted by Crippen LogP contribution is -2.41. The third kappa shape index (κ3) is 4.48. The number of hydrogen-bond acceptors (Lipinski definition) is 3. The van der Waals surface area contributed by atoms with Crippen LogP contribution >= 0.6 is 11.3 Å². The van der Waals surface area contributed by atoms with Crippen molar-refractivity contribution in [1.82, 2.24) is 5.32 Å². The molecule has 0 saturated carbocycles. The van der Waals surface area contributed by atoms with Gasteiger partial charge in [0.25, 0.3) is 5.91 Å². The minimum atomic E-state index is -0.840. The minimum Gasteiger partial charge on any atom is -0.388 e. The molecule has 4 heteroatoms. The highest BCUT2D eigenvalue weighted by molar-refractivity contribution is 7.08. The van der Waals surface area contributed by atoms with E-state index >= 15 is 0 Å². The Morgan fingerprint density at radius 2 is 2.18 bits per heavy atom. The zero-order valence-electron chi connectivity index (χ0n) is 10.9. The summed E-state index contributed by atoms with van der Waals surface area (Å²) in [4.78, 5) is 11.8. The molecule has 17 heavy (non-hydrogen) atoms. The van der Waals surface area contributed by atoms with Gasteiger partial charge in [0, 0.05) is 11.9 Å². The van der Waals surface area contributed by atoms with Crippen molar-refractivity contribution in [3.63, 3.8) is 0 Å². The van der Waals surface area contributed by atoms with Gasteiger partial charge in [0.15, 0.2) is 0 Å². The Labute approximate surface area is 107 Å². The van der Waals surface area contributed by atoms with Crippen LogP contribution < -0.4 is 5.32 Å². The third-order valence-corrected chi connectivity index (χ3v) is 3.44. The second-order valence-corrected chi connectivity index (χ2v) is 5.99. The van der Waals surface area contributed by atoms with Gasteiger partial charge in [-0.1, -0.05) is 13.8 Å². The highest BCUT2D eigenvalue weighted by Crippen LogP contribution is 2.16. The molecule has 1 amide bonds. The van der Waals surface area contributed by atoms with Crippen molar-refractivity contribution in [3.8, 4) is 0 Å². The van der Waals surface area contributed by atoms with E-state index in [9.17, 15) is 9.90 Å². The summed E-state index contributed by atoms with van der Waals surface area (Å²) in [6.07, 6.45) is 0.676. The number of aryl methyl sites for hydroxylation is 1. The Balaban J connectivity index is 2.51. The van der Waals surface area contributed by atoms with Crippen LogP contribution in [0.2, 0.25) is 0 Å². The topological polar surface area (TPSA) is 49.3 Å². The van der Waals surface area contributed by atoms with Crippen molar-refractivity contribution in [2.24, 2.45) is 5.92 Å². The summed E-state index contributed by atoms with van der Waals surface area (Å²) in [5.74, 6) is 0.303. The zero-order valence-corrected chi connectivity index (χ0v) is 11.7. The largest absolute Gasteiger partial charge is 0.388 e. The summed E-state index contributed by atoms with van der Waals surface area (Å²) in [6.45, 7) is 8.07. The smallest absolute Gasteiger partial charge is 0.252 e. The van der Waals surface area contributed by atoms with Crippen molar-refractivity contribution in [1.29, 1.82) is 0 Å². The lowest BCUT2D eigenvalue weighted by atomic mass is 9.94. The molecule has 0 saturated heterocycles. The van der Waals surface area contributed by atoms with Crippen LogP contribution in [0.5, 0.6) is 0 Å². The summed E-state index contributed by atoms with van der Waals surface area (Å²) < 4.78 is 0. The molecular formula is C13H21NO2S. The number of carbonyl (C=O) groups excluding carboxylic acids is 1. The summed E-state index contributed by atoms with van der Waals surface area (Å²) >= 11 is 1.52. The quantitative estimate of drug-likeness (QED) is 0.849. The number of aliphatic hydroxyl groups is 1. The SMILES string of the molecule is Cc1cscc1C(=O)NCC(C)(O)CC(C)C. The van der Waals surface area contributed by atoms with E-state index in [0.717, 1.165) is 5.56 Å². The van der Waals surface area contributed by atoms with Gasteiger partial charge in [0.1, 0.15) is 0 Å². The maximum Gasteiger partial charge on any atom is 0.252 e. The number of nitrogens with one attached hydrogen (secondary N) is 1. The molecule has 0 radical (unpaired) electrons. The van der Waals surface area contributed by atoms with E-state index in [1.807, 2.05) is 17.7 Å². The van der Waals surface area contributed by atoms with Gasteiger partial charge in [-0.25, -0.2) is 0 Å². The van der Waals surface area contributed by atoms with Gasteiger partial charge in [0.2, 0.25) is 0 Å². The van der Waals surface area contributed by atoms with E-state index in [4.69, 9.17) is 0 Å². The monoisotopic (exact) mass is 255 g/mol. The van der Waals surface area contributed by atoms with Gasteiger partial charge in [-0.05, 0) is 37.1 Å². The van der Waals surface area contributed by atoms with Crippen LogP contribution in [0.3, 0.4) is 0 Å². The molecule has 2 N–H and O–H groups in total. The van der Waals surface area contributed by atoms with Crippen molar-refractivity contribution in [2.45, 2.75) is 39.7 Å². The van der Waals surface area contributed by atoms with Gasteiger partial charge < -0.3 is 10.4 Å². The maximum absolute atomic E-state index is 11.8. The molecule has 1 unspecified atom stereocenters. The molecule has 0 spiro atoms. The predicted molar refractivity (Wildman–Crippen MR) is 71.5 cm³/mol.